The molecule has 0 spiro atoms. The van der Waals surface area contributed by atoms with Crippen LogP contribution in [0.1, 0.15) is 16.1 Å². The number of aryl methyl sites for hydroxylation is 1. The molecule has 9 heteroatoms. The van der Waals surface area contributed by atoms with E-state index in [1.165, 1.54) is 30.3 Å². The molecule has 2 amide bonds. The Bertz CT molecular complexity index is 1110. The number of furan rings is 1. The van der Waals surface area contributed by atoms with Crippen molar-refractivity contribution < 1.29 is 27.9 Å². The van der Waals surface area contributed by atoms with Crippen LogP contribution < -0.4 is 10.6 Å². The fourth-order valence-electron chi connectivity index (χ4n) is 2.61. The van der Waals surface area contributed by atoms with Crippen molar-refractivity contribution in [1.29, 1.82) is 0 Å². The molecule has 2 N–H and O–H groups in total. The average molecular weight is 489 g/mol. The van der Waals surface area contributed by atoms with Gasteiger partial charge in [0.25, 0.3) is 5.91 Å². The summed E-state index contributed by atoms with van der Waals surface area (Å²) >= 11 is 3.34. The molecule has 1 heterocycles. The fourth-order valence-corrected chi connectivity index (χ4v) is 3.09. The van der Waals surface area contributed by atoms with Gasteiger partial charge in [-0.1, -0.05) is 15.9 Å². The summed E-state index contributed by atoms with van der Waals surface area (Å²) in [5.41, 5.74) is 2.08. The highest BCUT2D eigenvalue weighted by molar-refractivity contribution is 9.10. The van der Waals surface area contributed by atoms with Crippen LogP contribution in [0.5, 0.6) is 0 Å². The summed E-state index contributed by atoms with van der Waals surface area (Å²) in [4.78, 5) is 35.9. The molecule has 0 saturated carbocycles. The van der Waals surface area contributed by atoms with Crippen LogP contribution in [-0.2, 0) is 14.3 Å². The van der Waals surface area contributed by atoms with Gasteiger partial charge < -0.3 is 19.8 Å². The molecule has 0 unspecified atom stereocenters. The Hall–Kier alpha value is -3.46. The Balaban J connectivity index is 1.44. The first-order valence-corrected chi connectivity index (χ1v) is 9.97. The lowest BCUT2D eigenvalue weighted by atomic mass is 10.2. The number of benzene rings is 2. The molecule has 0 bridgehead atoms. The number of rotatable bonds is 7. The number of hydrogen-bond donors (Lipinski definition) is 2. The van der Waals surface area contributed by atoms with Crippen molar-refractivity contribution in [2.24, 2.45) is 0 Å². The van der Waals surface area contributed by atoms with Crippen molar-refractivity contribution >= 4 is 39.4 Å². The lowest BCUT2D eigenvalue weighted by molar-refractivity contribution is -0.126. The number of esters is 1. The smallest absolute Gasteiger partial charge is 0.374 e. The van der Waals surface area contributed by atoms with Gasteiger partial charge in [0.15, 0.2) is 6.61 Å². The average Bonchev–Trinajstić information content (AvgIpc) is 3.23. The summed E-state index contributed by atoms with van der Waals surface area (Å²) in [7, 11) is 0. The molecule has 31 heavy (non-hydrogen) atoms. The van der Waals surface area contributed by atoms with Crippen molar-refractivity contribution in [3.05, 3.63) is 76.2 Å². The van der Waals surface area contributed by atoms with Crippen LogP contribution in [0.25, 0.3) is 11.3 Å². The summed E-state index contributed by atoms with van der Waals surface area (Å²) in [5, 5.41) is 5.06. The zero-order chi connectivity index (χ0) is 22.4. The van der Waals surface area contributed by atoms with E-state index in [0.29, 0.717) is 17.0 Å². The zero-order valence-electron chi connectivity index (χ0n) is 16.4. The van der Waals surface area contributed by atoms with Crippen LogP contribution in [0.4, 0.5) is 10.1 Å². The lowest BCUT2D eigenvalue weighted by Crippen LogP contribution is -2.35. The van der Waals surface area contributed by atoms with E-state index in [1.54, 1.807) is 18.2 Å². The topological polar surface area (TPSA) is 97.6 Å². The number of hydrogen-bond acceptors (Lipinski definition) is 5. The summed E-state index contributed by atoms with van der Waals surface area (Å²) in [5.74, 6) is -2.02. The highest BCUT2D eigenvalue weighted by atomic mass is 79.9. The van der Waals surface area contributed by atoms with Crippen LogP contribution in [0.15, 0.2) is 63.5 Å². The summed E-state index contributed by atoms with van der Waals surface area (Å²) < 4.78 is 24.2. The number of anilines is 1. The minimum atomic E-state index is -0.835. The predicted molar refractivity (Wildman–Crippen MR) is 115 cm³/mol. The SMILES string of the molecule is Cc1cc(Br)ccc1NC(=O)CNC(=O)COC(=O)c1ccc(-c2ccc(F)cc2)o1. The Kier molecular flexibility index (Phi) is 7.19. The van der Waals surface area contributed by atoms with Gasteiger partial charge in [0.1, 0.15) is 11.6 Å². The molecule has 0 aliphatic heterocycles. The number of carbonyl (C=O) groups is 3. The zero-order valence-corrected chi connectivity index (χ0v) is 18.0. The second-order valence-corrected chi connectivity index (χ2v) is 7.45. The molecule has 0 atom stereocenters. The van der Waals surface area contributed by atoms with Gasteiger partial charge in [-0.2, -0.15) is 0 Å². The van der Waals surface area contributed by atoms with Gasteiger partial charge >= 0.3 is 5.97 Å². The van der Waals surface area contributed by atoms with Crippen molar-refractivity contribution in [3.63, 3.8) is 0 Å². The number of halogens is 2. The maximum absolute atomic E-state index is 13.0. The van der Waals surface area contributed by atoms with Crippen molar-refractivity contribution in [2.75, 3.05) is 18.5 Å². The van der Waals surface area contributed by atoms with Gasteiger partial charge in [-0.05, 0) is 67.1 Å². The van der Waals surface area contributed by atoms with Crippen LogP contribution in [-0.4, -0.2) is 30.9 Å². The third-order valence-corrected chi connectivity index (χ3v) is 4.67. The molecule has 3 rings (SSSR count). The standard InChI is InChI=1S/C22H18BrFN2O5/c1-13-10-15(23)4-7-17(13)26-20(27)11-25-21(28)12-30-22(29)19-9-8-18(31-19)14-2-5-16(24)6-3-14/h2-10H,11-12H2,1H3,(H,25,28)(H,26,27). The van der Waals surface area contributed by atoms with Gasteiger partial charge in [-0.15, -0.1) is 0 Å². The number of nitrogens with one attached hydrogen (secondary N) is 2. The maximum atomic E-state index is 13.0. The molecule has 2 aromatic carbocycles. The van der Waals surface area contributed by atoms with Crippen molar-refractivity contribution in [3.8, 4) is 11.3 Å². The minimum Gasteiger partial charge on any atom is -0.450 e. The van der Waals surface area contributed by atoms with Crippen LogP contribution in [0.2, 0.25) is 0 Å². The molecule has 7 nitrogen and oxygen atoms in total. The first-order chi connectivity index (χ1) is 14.8. The Morgan fingerprint density at radius 1 is 1.03 bits per heavy atom. The molecule has 3 aromatic rings. The number of ether oxygens (including phenoxy) is 1. The third kappa shape index (κ3) is 6.26. The number of carbonyl (C=O) groups excluding carboxylic acids is 3. The van der Waals surface area contributed by atoms with E-state index in [2.05, 4.69) is 26.6 Å². The van der Waals surface area contributed by atoms with Crippen molar-refractivity contribution in [2.45, 2.75) is 6.92 Å². The molecule has 1 aromatic heterocycles. The van der Waals surface area contributed by atoms with E-state index in [4.69, 9.17) is 9.15 Å². The van der Waals surface area contributed by atoms with E-state index in [-0.39, 0.29) is 18.1 Å². The van der Waals surface area contributed by atoms with Crippen LogP contribution in [0.3, 0.4) is 0 Å². The highest BCUT2D eigenvalue weighted by Crippen LogP contribution is 2.23. The molecule has 0 saturated heterocycles. The van der Waals surface area contributed by atoms with Crippen LogP contribution >= 0.6 is 15.9 Å². The Morgan fingerprint density at radius 2 is 1.77 bits per heavy atom. The van der Waals surface area contributed by atoms with Gasteiger partial charge in [0.2, 0.25) is 11.7 Å². The molecular formula is C22H18BrFN2O5. The summed E-state index contributed by atoms with van der Waals surface area (Å²) in [6, 6.07) is 13.9. The molecule has 0 aliphatic carbocycles. The third-order valence-electron chi connectivity index (χ3n) is 4.18. The van der Waals surface area contributed by atoms with Crippen molar-refractivity contribution in [1.82, 2.24) is 5.32 Å². The van der Waals surface area contributed by atoms with E-state index < -0.39 is 24.4 Å². The van der Waals surface area contributed by atoms with Gasteiger partial charge in [0.05, 0.1) is 6.54 Å². The second kappa shape index (κ2) is 10.0. The molecule has 0 aliphatic rings. The Morgan fingerprint density at radius 3 is 2.48 bits per heavy atom. The van der Waals surface area contributed by atoms with Gasteiger partial charge in [0, 0.05) is 15.7 Å². The van der Waals surface area contributed by atoms with E-state index in [1.807, 2.05) is 13.0 Å². The fraction of sp³-hybridized carbons (Fsp3) is 0.136. The largest absolute Gasteiger partial charge is 0.450 e. The first kappa shape index (κ1) is 22.2. The van der Waals surface area contributed by atoms with Gasteiger partial charge in [-0.3, -0.25) is 9.59 Å². The molecule has 0 fully saturated rings. The quantitative estimate of drug-likeness (QED) is 0.488. The highest BCUT2D eigenvalue weighted by Gasteiger charge is 2.16. The summed E-state index contributed by atoms with van der Waals surface area (Å²) in [6.45, 7) is 0.992. The Labute approximate surface area is 185 Å². The first-order valence-electron chi connectivity index (χ1n) is 9.17. The lowest BCUT2D eigenvalue weighted by Gasteiger charge is -2.09. The van der Waals surface area contributed by atoms with Crippen LogP contribution in [0, 0.1) is 12.7 Å². The normalized spacial score (nSPS) is 10.4. The molecule has 0 radical (unpaired) electrons. The second-order valence-electron chi connectivity index (χ2n) is 6.53. The predicted octanol–water partition coefficient (Wildman–Crippen LogP) is 4.07. The monoisotopic (exact) mass is 488 g/mol. The van der Waals surface area contributed by atoms with E-state index in [0.717, 1.165) is 10.0 Å². The number of amides is 2. The van der Waals surface area contributed by atoms with Gasteiger partial charge in [-0.25, -0.2) is 9.18 Å². The maximum Gasteiger partial charge on any atom is 0.374 e. The summed E-state index contributed by atoms with van der Waals surface area (Å²) in [6.07, 6.45) is 0. The molecule has 160 valence electrons. The van der Waals surface area contributed by atoms with E-state index >= 15 is 0 Å². The molecular weight excluding hydrogens is 471 g/mol. The minimum absolute atomic E-state index is 0.101. The van der Waals surface area contributed by atoms with E-state index in [9.17, 15) is 18.8 Å².